The second kappa shape index (κ2) is 5.10. The van der Waals surface area contributed by atoms with Crippen LogP contribution in [0.3, 0.4) is 0 Å². The zero-order valence-electron chi connectivity index (χ0n) is 11.6. The fourth-order valence-corrected chi connectivity index (χ4v) is 4.09. The summed E-state index contributed by atoms with van der Waals surface area (Å²) in [6.45, 7) is 5.14. The summed E-state index contributed by atoms with van der Waals surface area (Å²) >= 11 is 0. The minimum Gasteiger partial charge on any atom is -0.392 e. The number of aliphatic hydroxyl groups excluding tert-OH is 1. The molecule has 2 saturated heterocycles. The Hall–Kier alpha value is -0.120. The molecule has 3 aliphatic rings. The van der Waals surface area contributed by atoms with Gasteiger partial charge in [-0.15, -0.1) is 0 Å². The van der Waals surface area contributed by atoms with Crippen LogP contribution < -0.4 is 0 Å². The van der Waals surface area contributed by atoms with Crippen molar-refractivity contribution >= 4 is 0 Å². The van der Waals surface area contributed by atoms with Crippen LogP contribution in [0.15, 0.2) is 0 Å². The molecule has 3 nitrogen and oxygen atoms in total. The predicted molar refractivity (Wildman–Crippen MR) is 71.5 cm³/mol. The first-order valence-electron chi connectivity index (χ1n) is 7.75. The number of piperidine rings is 1. The van der Waals surface area contributed by atoms with Crippen molar-refractivity contribution in [3.8, 4) is 0 Å². The minimum atomic E-state index is -0.124. The van der Waals surface area contributed by atoms with Gasteiger partial charge in [-0.3, -0.25) is 4.90 Å². The van der Waals surface area contributed by atoms with Crippen LogP contribution in [0.1, 0.15) is 51.9 Å². The molecule has 0 aromatic heterocycles. The van der Waals surface area contributed by atoms with Gasteiger partial charge in [0, 0.05) is 19.2 Å². The molecule has 0 radical (unpaired) electrons. The molecule has 0 amide bonds. The number of ether oxygens (including phenoxy) is 1. The largest absolute Gasteiger partial charge is 0.392 e. The normalized spacial score (nSPS) is 41.3. The molecule has 3 rings (SSSR count). The van der Waals surface area contributed by atoms with Crippen LogP contribution in [-0.4, -0.2) is 47.4 Å². The molecule has 104 valence electrons. The van der Waals surface area contributed by atoms with Crippen molar-refractivity contribution < 1.29 is 9.84 Å². The maximum atomic E-state index is 10.1. The van der Waals surface area contributed by atoms with E-state index in [9.17, 15) is 5.11 Å². The molecule has 3 atom stereocenters. The monoisotopic (exact) mass is 253 g/mol. The zero-order chi connectivity index (χ0) is 12.6. The standard InChI is InChI=1S/C15H27NO2/c1-12-4-8-16(11-14(12)17)13-5-9-18-15(10-13)6-2-3-7-15/h12-14,17H,2-11H2,1H3. The SMILES string of the molecule is CC1CCN(C2CCOC3(CCCC3)C2)CC1O. The van der Waals surface area contributed by atoms with Crippen LogP contribution in [0.5, 0.6) is 0 Å². The van der Waals surface area contributed by atoms with E-state index in [1.165, 1.54) is 38.6 Å². The molecule has 1 aliphatic carbocycles. The Bertz CT molecular complexity index is 288. The van der Waals surface area contributed by atoms with Gasteiger partial charge in [-0.1, -0.05) is 19.8 Å². The Morgan fingerprint density at radius 2 is 2.00 bits per heavy atom. The van der Waals surface area contributed by atoms with Gasteiger partial charge in [-0.05, 0) is 44.6 Å². The van der Waals surface area contributed by atoms with Crippen molar-refractivity contribution in [1.29, 1.82) is 0 Å². The second-order valence-electron chi connectivity index (χ2n) is 6.71. The summed E-state index contributed by atoms with van der Waals surface area (Å²) in [5.41, 5.74) is 0.205. The summed E-state index contributed by atoms with van der Waals surface area (Å²) in [5, 5.41) is 10.1. The highest BCUT2D eigenvalue weighted by atomic mass is 16.5. The molecule has 0 bridgehead atoms. The average molecular weight is 253 g/mol. The Balaban J connectivity index is 1.62. The molecule has 1 N–H and O–H groups in total. The Labute approximate surface area is 110 Å². The number of aliphatic hydroxyl groups is 1. The highest BCUT2D eigenvalue weighted by Gasteiger charge is 2.42. The molecule has 3 fully saturated rings. The van der Waals surface area contributed by atoms with Gasteiger partial charge < -0.3 is 9.84 Å². The molecule has 1 spiro atoms. The summed E-state index contributed by atoms with van der Waals surface area (Å²) < 4.78 is 6.11. The maximum Gasteiger partial charge on any atom is 0.0697 e. The van der Waals surface area contributed by atoms with E-state index in [1.807, 2.05) is 0 Å². The van der Waals surface area contributed by atoms with Crippen LogP contribution in [0.4, 0.5) is 0 Å². The van der Waals surface area contributed by atoms with E-state index >= 15 is 0 Å². The van der Waals surface area contributed by atoms with E-state index in [-0.39, 0.29) is 11.7 Å². The highest BCUT2D eigenvalue weighted by Crippen LogP contribution is 2.41. The van der Waals surface area contributed by atoms with Gasteiger partial charge in [0.1, 0.15) is 0 Å². The van der Waals surface area contributed by atoms with E-state index < -0.39 is 0 Å². The van der Waals surface area contributed by atoms with Gasteiger partial charge in [0.25, 0.3) is 0 Å². The zero-order valence-corrected chi connectivity index (χ0v) is 11.6. The molecule has 3 heteroatoms. The van der Waals surface area contributed by atoms with Gasteiger partial charge in [-0.25, -0.2) is 0 Å². The number of rotatable bonds is 1. The first-order valence-corrected chi connectivity index (χ1v) is 7.75. The molecule has 3 unspecified atom stereocenters. The van der Waals surface area contributed by atoms with Crippen LogP contribution >= 0.6 is 0 Å². The van der Waals surface area contributed by atoms with Gasteiger partial charge in [0.2, 0.25) is 0 Å². The third-order valence-electron chi connectivity index (χ3n) is 5.45. The van der Waals surface area contributed by atoms with E-state index in [0.29, 0.717) is 12.0 Å². The fourth-order valence-electron chi connectivity index (χ4n) is 4.09. The molecule has 2 heterocycles. The Morgan fingerprint density at radius 1 is 1.22 bits per heavy atom. The first-order chi connectivity index (χ1) is 8.69. The third-order valence-corrected chi connectivity index (χ3v) is 5.45. The van der Waals surface area contributed by atoms with Gasteiger partial charge in [-0.2, -0.15) is 0 Å². The van der Waals surface area contributed by atoms with Crippen LogP contribution in [0.2, 0.25) is 0 Å². The second-order valence-corrected chi connectivity index (χ2v) is 6.71. The van der Waals surface area contributed by atoms with E-state index in [2.05, 4.69) is 11.8 Å². The van der Waals surface area contributed by atoms with Crippen molar-refractivity contribution in [1.82, 2.24) is 4.90 Å². The van der Waals surface area contributed by atoms with Crippen LogP contribution in [0.25, 0.3) is 0 Å². The molecule has 0 aromatic carbocycles. The lowest BCUT2D eigenvalue weighted by Crippen LogP contribution is -2.53. The number of β-amino-alcohol motifs (C(OH)–C–C–N with tert-alkyl or cyclic N) is 1. The van der Waals surface area contributed by atoms with E-state index in [1.54, 1.807) is 0 Å². The molecular formula is C15H27NO2. The number of likely N-dealkylation sites (tertiary alicyclic amines) is 1. The molecule has 0 aromatic rings. The first kappa shape index (κ1) is 12.9. The van der Waals surface area contributed by atoms with Crippen molar-refractivity contribution in [3.05, 3.63) is 0 Å². The maximum absolute atomic E-state index is 10.1. The van der Waals surface area contributed by atoms with Crippen LogP contribution in [-0.2, 0) is 4.74 Å². The summed E-state index contributed by atoms with van der Waals surface area (Å²) in [7, 11) is 0. The summed E-state index contributed by atoms with van der Waals surface area (Å²) in [5.74, 6) is 0.474. The van der Waals surface area contributed by atoms with Crippen molar-refractivity contribution in [2.75, 3.05) is 19.7 Å². The Morgan fingerprint density at radius 3 is 2.72 bits per heavy atom. The predicted octanol–water partition coefficient (Wildman–Crippen LogP) is 2.18. The smallest absolute Gasteiger partial charge is 0.0697 e. The highest BCUT2D eigenvalue weighted by molar-refractivity contribution is 4.95. The summed E-state index contributed by atoms with van der Waals surface area (Å²) in [4.78, 5) is 2.53. The number of hydrogen-bond acceptors (Lipinski definition) is 3. The molecule has 1 saturated carbocycles. The molecule has 2 aliphatic heterocycles. The van der Waals surface area contributed by atoms with Crippen molar-refractivity contribution in [2.24, 2.45) is 5.92 Å². The Kier molecular flexibility index (Phi) is 3.65. The lowest BCUT2D eigenvalue weighted by molar-refractivity contribution is -0.112. The van der Waals surface area contributed by atoms with E-state index in [4.69, 9.17) is 4.74 Å². The summed E-state index contributed by atoms with van der Waals surface area (Å²) in [6.07, 6.45) is 8.58. The van der Waals surface area contributed by atoms with Gasteiger partial charge in [0.05, 0.1) is 11.7 Å². The number of hydrogen-bond donors (Lipinski definition) is 1. The topological polar surface area (TPSA) is 32.7 Å². The van der Waals surface area contributed by atoms with Gasteiger partial charge in [0.15, 0.2) is 0 Å². The average Bonchev–Trinajstić information content (AvgIpc) is 2.81. The lowest BCUT2D eigenvalue weighted by atomic mass is 9.86. The van der Waals surface area contributed by atoms with Crippen molar-refractivity contribution in [3.63, 3.8) is 0 Å². The summed E-state index contributed by atoms with van der Waals surface area (Å²) in [6, 6.07) is 0.652. The van der Waals surface area contributed by atoms with E-state index in [0.717, 1.165) is 26.0 Å². The van der Waals surface area contributed by atoms with Crippen molar-refractivity contribution in [2.45, 2.75) is 69.6 Å². The fraction of sp³-hybridized carbons (Fsp3) is 1.00. The van der Waals surface area contributed by atoms with Crippen LogP contribution in [0, 0.1) is 5.92 Å². The lowest BCUT2D eigenvalue weighted by Gasteiger charge is -2.46. The minimum absolute atomic E-state index is 0.124. The third kappa shape index (κ3) is 2.45. The number of nitrogens with zero attached hydrogens (tertiary/aromatic N) is 1. The van der Waals surface area contributed by atoms with Gasteiger partial charge >= 0.3 is 0 Å². The molecular weight excluding hydrogens is 226 g/mol. The quantitative estimate of drug-likeness (QED) is 0.777. The molecule has 18 heavy (non-hydrogen) atoms.